The third-order valence-corrected chi connectivity index (χ3v) is 4.51. The molecule has 110 valence electrons. The molecule has 6 nitrogen and oxygen atoms in total. The molecule has 20 heavy (non-hydrogen) atoms. The van der Waals surface area contributed by atoms with E-state index in [-0.39, 0.29) is 30.4 Å². The Morgan fingerprint density at radius 1 is 1.25 bits per heavy atom. The SMILES string of the molecule is CC(=O)O[C@@H]1C(=O)N(C2CCCCC2)[C@@H]2C(=O)OC[C@H]12. The lowest BCUT2D eigenvalue weighted by Gasteiger charge is -2.33. The standard InChI is InChI=1S/C14H19NO5/c1-8(16)20-12-10-7-19-14(18)11(10)15(13(12)17)9-5-3-2-4-6-9/h9-12H,2-7H2,1H3/t10-,11-,12-/m0/s1. The van der Waals surface area contributed by atoms with Crippen LogP contribution < -0.4 is 0 Å². The minimum atomic E-state index is -0.856. The lowest BCUT2D eigenvalue weighted by Crippen LogP contribution is -2.47. The molecule has 0 radical (unpaired) electrons. The summed E-state index contributed by atoms with van der Waals surface area (Å²) in [6.07, 6.45) is 4.28. The van der Waals surface area contributed by atoms with Crippen molar-refractivity contribution >= 4 is 17.8 Å². The van der Waals surface area contributed by atoms with E-state index in [9.17, 15) is 14.4 Å². The van der Waals surface area contributed by atoms with Crippen LogP contribution in [0.3, 0.4) is 0 Å². The van der Waals surface area contributed by atoms with Crippen molar-refractivity contribution in [3.05, 3.63) is 0 Å². The minimum absolute atomic E-state index is 0.0787. The van der Waals surface area contributed by atoms with Crippen LogP contribution in [0.4, 0.5) is 0 Å². The molecule has 0 spiro atoms. The van der Waals surface area contributed by atoms with Crippen LogP contribution in [0.1, 0.15) is 39.0 Å². The summed E-state index contributed by atoms with van der Waals surface area (Å²) in [4.78, 5) is 37.3. The second-order valence-electron chi connectivity index (χ2n) is 5.81. The zero-order chi connectivity index (χ0) is 14.3. The first-order valence-electron chi connectivity index (χ1n) is 7.25. The molecule has 2 heterocycles. The van der Waals surface area contributed by atoms with Crippen LogP contribution in [0.15, 0.2) is 0 Å². The van der Waals surface area contributed by atoms with Crippen molar-refractivity contribution in [3.63, 3.8) is 0 Å². The molecular formula is C14H19NO5. The predicted octanol–water partition coefficient (Wildman–Crippen LogP) is 0.635. The van der Waals surface area contributed by atoms with E-state index < -0.39 is 18.1 Å². The van der Waals surface area contributed by atoms with Crippen molar-refractivity contribution < 1.29 is 23.9 Å². The molecule has 2 aliphatic heterocycles. The smallest absolute Gasteiger partial charge is 0.329 e. The highest BCUT2D eigenvalue weighted by Gasteiger charge is 2.59. The zero-order valence-corrected chi connectivity index (χ0v) is 11.5. The van der Waals surface area contributed by atoms with Gasteiger partial charge in [-0.05, 0) is 12.8 Å². The van der Waals surface area contributed by atoms with Crippen molar-refractivity contribution in [1.29, 1.82) is 0 Å². The number of likely N-dealkylation sites (tertiary alicyclic amines) is 1. The second kappa shape index (κ2) is 5.07. The van der Waals surface area contributed by atoms with Crippen LogP contribution >= 0.6 is 0 Å². The van der Waals surface area contributed by atoms with Gasteiger partial charge in [-0.1, -0.05) is 19.3 Å². The van der Waals surface area contributed by atoms with Crippen molar-refractivity contribution in [1.82, 2.24) is 4.90 Å². The van der Waals surface area contributed by atoms with Crippen LogP contribution in [0.2, 0.25) is 0 Å². The van der Waals surface area contributed by atoms with E-state index in [1.165, 1.54) is 13.3 Å². The molecule has 0 bridgehead atoms. The van der Waals surface area contributed by atoms with Gasteiger partial charge in [0.05, 0.1) is 5.92 Å². The largest absolute Gasteiger partial charge is 0.464 e. The summed E-state index contributed by atoms with van der Waals surface area (Å²) in [5, 5.41) is 0. The Morgan fingerprint density at radius 3 is 2.60 bits per heavy atom. The van der Waals surface area contributed by atoms with Crippen LogP contribution in [0.25, 0.3) is 0 Å². The van der Waals surface area contributed by atoms with Crippen molar-refractivity contribution in [2.45, 2.75) is 57.2 Å². The van der Waals surface area contributed by atoms with Crippen LogP contribution in [-0.2, 0) is 23.9 Å². The van der Waals surface area contributed by atoms with Gasteiger partial charge in [0.25, 0.3) is 5.91 Å². The molecule has 2 saturated heterocycles. The summed E-state index contributed by atoms with van der Waals surface area (Å²) in [5.41, 5.74) is 0. The van der Waals surface area contributed by atoms with Crippen LogP contribution in [0, 0.1) is 5.92 Å². The first kappa shape index (κ1) is 13.4. The molecular weight excluding hydrogens is 262 g/mol. The highest BCUT2D eigenvalue weighted by atomic mass is 16.6. The summed E-state index contributed by atoms with van der Waals surface area (Å²) in [6, 6.07) is -0.482. The molecule has 0 aromatic heterocycles. The summed E-state index contributed by atoms with van der Waals surface area (Å²) in [7, 11) is 0. The van der Waals surface area contributed by atoms with Crippen LogP contribution in [0.5, 0.6) is 0 Å². The Morgan fingerprint density at radius 2 is 1.95 bits per heavy atom. The highest BCUT2D eigenvalue weighted by molar-refractivity contribution is 5.94. The normalized spacial score (nSPS) is 34.0. The monoisotopic (exact) mass is 281 g/mol. The fraction of sp³-hybridized carbons (Fsp3) is 0.786. The van der Waals surface area contributed by atoms with E-state index in [4.69, 9.17) is 9.47 Å². The number of ether oxygens (including phenoxy) is 2. The number of fused-ring (bicyclic) bond motifs is 1. The Bertz CT molecular complexity index is 443. The number of amides is 1. The van der Waals surface area contributed by atoms with E-state index in [0.29, 0.717) is 0 Å². The number of hydrogen-bond donors (Lipinski definition) is 0. The third kappa shape index (κ3) is 2.07. The fourth-order valence-corrected chi connectivity index (χ4v) is 3.65. The number of hydrogen-bond acceptors (Lipinski definition) is 5. The van der Waals surface area contributed by atoms with Gasteiger partial charge < -0.3 is 14.4 Å². The maximum Gasteiger partial charge on any atom is 0.329 e. The molecule has 3 atom stereocenters. The van der Waals surface area contributed by atoms with E-state index in [2.05, 4.69) is 0 Å². The van der Waals surface area contributed by atoms with Crippen molar-refractivity contribution in [3.8, 4) is 0 Å². The maximum absolute atomic E-state index is 12.5. The molecule has 1 amide bonds. The van der Waals surface area contributed by atoms with Gasteiger partial charge >= 0.3 is 11.9 Å². The van der Waals surface area contributed by atoms with Crippen molar-refractivity contribution in [2.75, 3.05) is 6.61 Å². The number of carbonyl (C=O) groups is 3. The van der Waals surface area contributed by atoms with E-state index in [1.54, 1.807) is 4.90 Å². The maximum atomic E-state index is 12.5. The third-order valence-electron chi connectivity index (χ3n) is 4.51. The van der Waals surface area contributed by atoms with Gasteiger partial charge in [-0.25, -0.2) is 4.79 Å². The number of esters is 2. The van der Waals surface area contributed by atoms with Gasteiger partial charge in [0.2, 0.25) is 0 Å². The van der Waals surface area contributed by atoms with E-state index >= 15 is 0 Å². The Labute approximate surface area is 117 Å². The first-order chi connectivity index (χ1) is 9.59. The number of cyclic esters (lactones) is 1. The van der Waals surface area contributed by atoms with Gasteiger partial charge in [0, 0.05) is 13.0 Å². The number of rotatable bonds is 2. The van der Waals surface area contributed by atoms with Gasteiger partial charge in [-0.3, -0.25) is 9.59 Å². The number of nitrogens with zero attached hydrogens (tertiary/aromatic N) is 1. The summed E-state index contributed by atoms with van der Waals surface area (Å²) < 4.78 is 10.2. The molecule has 0 aromatic rings. The molecule has 3 rings (SSSR count). The van der Waals surface area contributed by atoms with Gasteiger partial charge in [-0.15, -0.1) is 0 Å². The lowest BCUT2D eigenvalue weighted by molar-refractivity contribution is -0.159. The molecule has 0 N–H and O–H groups in total. The van der Waals surface area contributed by atoms with E-state index in [1.807, 2.05) is 0 Å². The minimum Gasteiger partial charge on any atom is -0.464 e. The van der Waals surface area contributed by atoms with Gasteiger partial charge in [-0.2, -0.15) is 0 Å². The molecule has 3 fully saturated rings. The zero-order valence-electron chi connectivity index (χ0n) is 11.5. The Kier molecular flexibility index (Phi) is 3.40. The summed E-state index contributed by atoms with van der Waals surface area (Å²) >= 11 is 0. The highest BCUT2D eigenvalue weighted by Crippen LogP contribution is 2.38. The molecule has 0 aromatic carbocycles. The molecule has 1 saturated carbocycles. The average Bonchev–Trinajstić information content (AvgIpc) is 2.91. The second-order valence-corrected chi connectivity index (χ2v) is 5.81. The number of carbonyl (C=O) groups excluding carboxylic acids is 3. The topological polar surface area (TPSA) is 72.9 Å². The molecule has 1 aliphatic carbocycles. The summed E-state index contributed by atoms with van der Waals surface area (Å²) in [5.74, 6) is -1.42. The van der Waals surface area contributed by atoms with Gasteiger partial charge in [0.15, 0.2) is 6.10 Å². The average molecular weight is 281 g/mol. The van der Waals surface area contributed by atoms with Gasteiger partial charge in [0.1, 0.15) is 12.6 Å². The Balaban J connectivity index is 1.86. The fourth-order valence-electron chi connectivity index (χ4n) is 3.65. The first-order valence-corrected chi connectivity index (χ1v) is 7.25. The molecule has 3 aliphatic rings. The van der Waals surface area contributed by atoms with Crippen LogP contribution in [-0.4, -0.2) is 47.5 Å². The van der Waals surface area contributed by atoms with E-state index in [0.717, 1.165) is 25.7 Å². The molecule has 6 heteroatoms. The molecule has 0 unspecified atom stereocenters. The Hall–Kier alpha value is -1.59. The summed E-state index contributed by atoms with van der Waals surface area (Å²) in [6.45, 7) is 1.44. The lowest BCUT2D eigenvalue weighted by atomic mass is 9.93. The van der Waals surface area contributed by atoms with Crippen molar-refractivity contribution in [2.24, 2.45) is 5.92 Å². The quantitative estimate of drug-likeness (QED) is 0.694. The predicted molar refractivity (Wildman–Crippen MR) is 67.5 cm³/mol.